The van der Waals surface area contributed by atoms with Crippen LogP contribution < -0.4 is 0 Å². The van der Waals surface area contributed by atoms with Crippen molar-refractivity contribution in [2.75, 3.05) is 6.61 Å². The number of cyclic esters (lactones) is 1. The number of halogens is 2. The van der Waals surface area contributed by atoms with Gasteiger partial charge in [-0.05, 0) is 43.2 Å². The number of ether oxygens (including phenoxy) is 1. The average Bonchev–Trinajstić information content (AvgIpc) is 3.04. The van der Waals surface area contributed by atoms with Crippen molar-refractivity contribution in [3.8, 4) is 0 Å². The molecule has 26 heavy (non-hydrogen) atoms. The predicted octanol–water partition coefficient (Wildman–Crippen LogP) is 5.49. The number of benzene rings is 1. The van der Waals surface area contributed by atoms with Crippen LogP contribution in [0.4, 0.5) is 13.6 Å². The van der Waals surface area contributed by atoms with Crippen LogP contribution in [-0.4, -0.2) is 29.7 Å². The molecule has 0 aromatic heterocycles. The van der Waals surface area contributed by atoms with Gasteiger partial charge in [-0.3, -0.25) is 4.90 Å². The highest BCUT2D eigenvalue weighted by Crippen LogP contribution is 2.39. The Labute approximate surface area is 153 Å². The van der Waals surface area contributed by atoms with E-state index in [1.165, 1.54) is 6.07 Å². The Morgan fingerprint density at radius 3 is 2.65 bits per heavy atom. The van der Waals surface area contributed by atoms with Crippen LogP contribution in [0.25, 0.3) is 5.57 Å². The molecule has 0 aliphatic carbocycles. The van der Waals surface area contributed by atoms with E-state index in [-0.39, 0.29) is 24.3 Å². The molecule has 0 spiro atoms. The lowest BCUT2D eigenvalue weighted by Crippen LogP contribution is -2.47. The van der Waals surface area contributed by atoms with E-state index in [0.717, 1.165) is 17.7 Å². The van der Waals surface area contributed by atoms with Crippen molar-refractivity contribution < 1.29 is 18.3 Å². The molecule has 1 aromatic carbocycles. The Kier molecular flexibility index (Phi) is 6.72. The monoisotopic (exact) mass is 361 g/mol. The van der Waals surface area contributed by atoms with Crippen molar-refractivity contribution in [1.82, 2.24) is 4.90 Å². The second-order valence-electron chi connectivity index (χ2n) is 5.81. The first-order chi connectivity index (χ1) is 12.6. The first-order valence-corrected chi connectivity index (χ1v) is 8.98. The number of carbonyl (C=O) groups excluding carboxylic acids is 1. The molecule has 0 bridgehead atoms. The van der Waals surface area contributed by atoms with Gasteiger partial charge in [-0.1, -0.05) is 38.2 Å². The third-order valence-electron chi connectivity index (χ3n) is 4.43. The van der Waals surface area contributed by atoms with Crippen molar-refractivity contribution in [1.29, 1.82) is 0 Å². The highest BCUT2D eigenvalue weighted by molar-refractivity contribution is 5.82. The van der Waals surface area contributed by atoms with Crippen LogP contribution >= 0.6 is 0 Å². The Morgan fingerprint density at radius 1 is 1.27 bits per heavy atom. The summed E-state index contributed by atoms with van der Waals surface area (Å²) < 4.78 is 33.1. The van der Waals surface area contributed by atoms with Gasteiger partial charge in [0.25, 0.3) is 0 Å². The van der Waals surface area contributed by atoms with Gasteiger partial charge < -0.3 is 4.74 Å². The molecule has 0 N–H and O–H groups in total. The van der Waals surface area contributed by atoms with Crippen LogP contribution in [0, 0.1) is 11.6 Å². The van der Waals surface area contributed by atoms with E-state index < -0.39 is 17.7 Å². The lowest BCUT2D eigenvalue weighted by atomic mass is 9.96. The largest absolute Gasteiger partial charge is 0.449 e. The SMILES string of the molecule is C/C=C\C(=C/C)C1C=C(c2cc(F)ccc2F)C2CCOC(=O)N21.CC. The fourth-order valence-electron chi connectivity index (χ4n) is 3.38. The minimum Gasteiger partial charge on any atom is -0.449 e. The highest BCUT2D eigenvalue weighted by atomic mass is 19.1. The first kappa shape index (κ1) is 19.9. The molecule has 2 unspecified atom stereocenters. The zero-order valence-corrected chi connectivity index (χ0v) is 15.6. The number of hydrogen-bond donors (Lipinski definition) is 0. The van der Waals surface area contributed by atoms with Crippen LogP contribution in [0.15, 0.2) is 48.1 Å². The number of allylic oxidation sites excluding steroid dienone is 2. The molecule has 3 rings (SSSR count). The number of rotatable bonds is 3. The van der Waals surface area contributed by atoms with E-state index in [1.54, 1.807) is 4.90 Å². The van der Waals surface area contributed by atoms with Crippen molar-refractivity contribution in [3.63, 3.8) is 0 Å². The minimum absolute atomic E-state index is 0.207. The lowest BCUT2D eigenvalue weighted by molar-refractivity contribution is 0.0580. The molecule has 0 radical (unpaired) electrons. The molecule has 1 amide bonds. The Balaban J connectivity index is 0.00000117. The normalized spacial score (nSPS) is 22.5. The summed E-state index contributed by atoms with van der Waals surface area (Å²) >= 11 is 0. The van der Waals surface area contributed by atoms with E-state index in [4.69, 9.17) is 4.74 Å². The van der Waals surface area contributed by atoms with Crippen molar-refractivity contribution in [3.05, 3.63) is 65.3 Å². The summed E-state index contributed by atoms with van der Waals surface area (Å²) in [6.45, 7) is 8.05. The molecule has 140 valence electrons. The number of nitrogens with zero attached hydrogens (tertiary/aromatic N) is 1. The van der Waals surface area contributed by atoms with Gasteiger partial charge >= 0.3 is 6.09 Å². The maximum atomic E-state index is 14.3. The van der Waals surface area contributed by atoms with Crippen molar-refractivity contribution in [2.24, 2.45) is 0 Å². The molecule has 0 saturated carbocycles. The van der Waals surface area contributed by atoms with Crippen LogP contribution in [0.3, 0.4) is 0 Å². The van der Waals surface area contributed by atoms with E-state index in [9.17, 15) is 13.6 Å². The van der Waals surface area contributed by atoms with Crippen molar-refractivity contribution >= 4 is 11.7 Å². The van der Waals surface area contributed by atoms with E-state index in [2.05, 4.69) is 0 Å². The summed E-state index contributed by atoms with van der Waals surface area (Å²) in [6.07, 6.45) is 7.66. The molecule has 1 aromatic rings. The average molecular weight is 361 g/mol. The first-order valence-electron chi connectivity index (χ1n) is 8.98. The summed E-state index contributed by atoms with van der Waals surface area (Å²) in [7, 11) is 0. The summed E-state index contributed by atoms with van der Waals surface area (Å²) in [6, 6.07) is 2.74. The van der Waals surface area contributed by atoms with Gasteiger partial charge in [-0.25, -0.2) is 13.6 Å². The standard InChI is InChI=1S/C19H19F2NO2.C2H6/c1-3-5-12(4-2)18-11-15(14-10-13(20)6-7-16(14)21)17-8-9-24-19(23)22(17)18;1-2/h3-7,10-11,17-18H,8-9H2,1-2H3;1-2H3/b5-3-,12-4+;. The summed E-state index contributed by atoms with van der Waals surface area (Å²) in [5.41, 5.74) is 1.75. The van der Waals surface area contributed by atoms with Gasteiger partial charge in [0.2, 0.25) is 0 Å². The fourth-order valence-corrected chi connectivity index (χ4v) is 3.38. The molecular weight excluding hydrogens is 336 g/mol. The highest BCUT2D eigenvalue weighted by Gasteiger charge is 2.43. The zero-order chi connectivity index (χ0) is 19.3. The number of amides is 1. The lowest BCUT2D eigenvalue weighted by Gasteiger charge is -2.35. The van der Waals surface area contributed by atoms with Crippen LogP contribution in [0.1, 0.15) is 39.7 Å². The predicted molar refractivity (Wildman–Crippen MR) is 99.6 cm³/mol. The molecule has 3 nitrogen and oxygen atoms in total. The third-order valence-corrected chi connectivity index (χ3v) is 4.43. The second-order valence-corrected chi connectivity index (χ2v) is 5.81. The van der Waals surface area contributed by atoms with Gasteiger partial charge in [0.15, 0.2) is 0 Å². The number of fused-ring (bicyclic) bond motifs is 1. The van der Waals surface area contributed by atoms with E-state index in [0.29, 0.717) is 12.0 Å². The molecule has 5 heteroatoms. The molecule has 2 atom stereocenters. The smallest absolute Gasteiger partial charge is 0.411 e. The fraction of sp³-hybridized carbons (Fsp3) is 0.381. The molecular formula is C21H25F2NO2. The quantitative estimate of drug-likeness (QED) is 0.666. The third kappa shape index (κ3) is 3.71. The number of carbonyl (C=O) groups is 1. The van der Waals surface area contributed by atoms with Gasteiger partial charge in [0.05, 0.1) is 18.7 Å². The number of hydrogen-bond acceptors (Lipinski definition) is 2. The zero-order valence-electron chi connectivity index (χ0n) is 15.6. The van der Waals surface area contributed by atoms with Gasteiger partial charge in [-0.15, -0.1) is 0 Å². The van der Waals surface area contributed by atoms with Crippen molar-refractivity contribution in [2.45, 2.75) is 46.2 Å². The summed E-state index contributed by atoms with van der Waals surface area (Å²) in [5.74, 6) is -0.990. The molecule has 1 saturated heterocycles. The van der Waals surface area contributed by atoms with Gasteiger partial charge in [0.1, 0.15) is 11.6 Å². The molecule has 2 aliphatic heterocycles. The Hall–Kier alpha value is -2.43. The van der Waals surface area contributed by atoms with Crippen LogP contribution in [0.5, 0.6) is 0 Å². The van der Waals surface area contributed by atoms with E-state index in [1.807, 2.05) is 52.0 Å². The topological polar surface area (TPSA) is 29.5 Å². The van der Waals surface area contributed by atoms with Gasteiger partial charge in [0, 0.05) is 12.0 Å². The Bertz CT molecular complexity index is 752. The Morgan fingerprint density at radius 2 is 2.00 bits per heavy atom. The van der Waals surface area contributed by atoms with E-state index >= 15 is 0 Å². The summed E-state index contributed by atoms with van der Waals surface area (Å²) in [4.78, 5) is 13.9. The maximum Gasteiger partial charge on any atom is 0.411 e. The maximum absolute atomic E-state index is 14.3. The summed E-state index contributed by atoms with van der Waals surface area (Å²) in [5, 5.41) is 0. The minimum atomic E-state index is -0.500. The molecule has 1 fully saturated rings. The van der Waals surface area contributed by atoms with Crippen LogP contribution in [0.2, 0.25) is 0 Å². The van der Waals surface area contributed by atoms with Gasteiger partial charge in [-0.2, -0.15) is 0 Å². The second kappa shape index (κ2) is 8.79. The van der Waals surface area contributed by atoms with Crippen LogP contribution in [-0.2, 0) is 4.74 Å². The molecule has 2 aliphatic rings. The molecule has 2 heterocycles.